The lowest BCUT2D eigenvalue weighted by Crippen LogP contribution is -2.15. The van der Waals surface area contributed by atoms with Gasteiger partial charge < -0.3 is 4.74 Å². The number of carbonyl (C=O) groups is 1. The van der Waals surface area contributed by atoms with Gasteiger partial charge in [-0.05, 0) is 35.0 Å². The maximum absolute atomic E-state index is 13.8. The number of anilines is 1. The van der Waals surface area contributed by atoms with Crippen molar-refractivity contribution in [2.45, 2.75) is 18.7 Å². The first-order chi connectivity index (χ1) is 10.6. The van der Waals surface area contributed by atoms with E-state index in [1.165, 1.54) is 13.8 Å². The molecule has 0 saturated heterocycles. The number of aromatic nitrogens is 1. The molecule has 1 aromatic heterocycles. The molecule has 11 heteroatoms. The van der Waals surface area contributed by atoms with E-state index in [1.807, 2.05) is 4.72 Å². The van der Waals surface area contributed by atoms with Gasteiger partial charge in [0.15, 0.2) is 5.13 Å². The van der Waals surface area contributed by atoms with Gasteiger partial charge in [0.05, 0.1) is 10.2 Å². The highest BCUT2D eigenvalue weighted by Crippen LogP contribution is 2.32. The molecular weight excluding hydrogens is 418 g/mol. The number of aryl methyl sites for hydroxylation is 1. The summed E-state index contributed by atoms with van der Waals surface area (Å²) in [5.41, 5.74) is 0.283. The minimum atomic E-state index is -4.39. The van der Waals surface area contributed by atoms with Crippen molar-refractivity contribution in [2.75, 3.05) is 4.72 Å². The molecule has 1 N–H and O–H groups in total. The van der Waals surface area contributed by atoms with Crippen LogP contribution >= 0.6 is 27.3 Å². The van der Waals surface area contributed by atoms with Crippen LogP contribution in [0.3, 0.4) is 0 Å². The molecule has 0 radical (unpaired) electrons. The van der Waals surface area contributed by atoms with Crippen molar-refractivity contribution >= 4 is 48.4 Å². The molecule has 1 heterocycles. The number of esters is 1. The van der Waals surface area contributed by atoms with Crippen LogP contribution in [-0.4, -0.2) is 19.4 Å². The highest BCUT2D eigenvalue weighted by atomic mass is 79.9. The fraction of sp³-hybridized carbons (Fsp3) is 0.167. The quantitative estimate of drug-likeness (QED) is 0.599. The largest absolute Gasteiger partial charge is 0.413 e. The van der Waals surface area contributed by atoms with Crippen LogP contribution in [0, 0.1) is 18.6 Å². The molecule has 0 saturated carbocycles. The first-order valence-corrected chi connectivity index (χ1v) is 9.02. The fourth-order valence-electron chi connectivity index (χ4n) is 1.53. The van der Waals surface area contributed by atoms with Gasteiger partial charge >= 0.3 is 5.97 Å². The first-order valence-electron chi connectivity index (χ1n) is 5.93. The van der Waals surface area contributed by atoms with Crippen LogP contribution in [0.4, 0.5) is 13.9 Å². The van der Waals surface area contributed by atoms with Gasteiger partial charge in [0.1, 0.15) is 16.5 Å². The SMILES string of the molecule is CC(=O)Oc1sc(NS(=O)(=O)c2cc(F)c(Br)cc2F)nc1C. The molecular formula is C12H9BrF2N2O4S2. The van der Waals surface area contributed by atoms with Crippen molar-refractivity contribution in [1.29, 1.82) is 0 Å². The van der Waals surface area contributed by atoms with E-state index in [2.05, 4.69) is 20.9 Å². The van der Waals surface area contributed by atoms with Gasteiger partial charge in [0, 0.05) is 6.92 Å². The Morgan fingerprint density at radius 3 is 2.61 bits per heavy atom. The van der Waals surface area contributed by atoms with Crippen LogP contribution in [0.5, 0.6) is 5.06 Å². The average Bonchev–Trinajstić information content (AvgIpc) is 2.72. The Morgan fingerprint density at radius 2 is 2.00 bits per heavy atom. The number of benzene rings is 1. The summed E-state index contributed by atoms with van der Waals surface area (Å²) in [6, 6.07) is 1.26. The van der Waals surface area contributed by atoms with Crippen LogP contribution in [0.15, 0.2) is 21.5 Å². The summed E-state index contributed by atoms with van der Waals surface area (Å²) in [6.45, 7) is 2.69. The van der Waals surface area contributed by atoms with Crippen molar-refractivity contribution in [3.05, 3.63) is 33.9 Å². The normalized spacial score (nSPS) is 11.3. The molecule has 0 amide bonds. The lowest BCUT2D eigenvalue weighted by atomic mass is 10.3. The molecule has 0 aliphatic heterocycles. The third kappa shape index (κ3) is 4.03. The van der Waals surface area contributed by atoms with E-state index < -0.39 is 32.5 Å². The van der Waals surface area contributed by atoms with Gasteiger partial charge in [-0.3, -0.25) is 9.52 Å². The van der Waals surface area contributed by atoms with E-state index in [0.29, 0.717) is 12.1 Å². The van der Waals surface area contributed by atoms with Gasteiger partial charge in [-0.25, -0.2) is 22.2 Å². The Hall–Kier alpha value is -1.59. The molecule has 1 aromatic carbocycles. The number of nitrogens with zero attached hydrogens (tertiary/aromatic N) is 1. The zero-order chi connectivity index (χ0) is 17.4. The van der Waals surface area contributed by atoms with Crippen molar-refractivity contribution in [3.8, 4) is 5.06 Å². The first kappa shape index (κ1) is 17.8. The molecule has 0 atom stereocenters. The number of sulfonamides is 1. The Balaban J connectivity index is 2.36. The topological polar surface area (TPSA) is 85.4 Å². The fourth-order valence-corrected chi connectivity index (χ4v) is 4.01. The molecule has 0 aliphatic rings. The number of hydrogen-bond acceptors (Lipinski definition) is 6. The Kier molecular flexibility index (Phi) is 5.01. The number of halogens is 3. The number of ether oxygens (including phenoxy) is 1. The van der Waals surface area contributed by atoms with Crippen molar-refractivity contribution < 1.29 is 26.7 Å². The van der Waals surface area contributed by atoms with Crippen LogP contribution in [-0.2, 0) is 14.8 Å². The summed E-state index contributed by atoms with van der Waals surface area (Å²) < 4.78 is 58.2. The summed E-state index contributed by atoms with van der Waals surface area (Å²) >= 11 is 3.51. The molecule has 124 valence electrons. The molecule has 2 aromatic rings. The standard InChI is InChI=1S/C12H9BrF2N2O4S2/c1-5-11(21-6(2)18)22-12(16-5)17-23(19,20)10-4-8(14)7(13)3-9(10)15/h3-4H,1-2H3,(H,16,17). The highest BCUT2D eigenvalue weighted by Gasteiger charge is 2.24. The van der Waals surface area contributed by atoms with Crippen LogP contribution in [0.25, 0.3) is 0 Å². The van der Waals surface area contributed by atoms with Gasteiger partial charge in [-0.2, -0.15) is 0 Å². The second-order valence-corrected chi connectivity index (χ2v) is 7.75. The van der Waals surface area contributed by atoms with Gasteiger partial charge in [-0.15, -0.1) is 0 Å². The maximum Gasteiger partial charge on any atom is 0.308 e. The van der Waals surface area contributed by atoms with E-state index in [-0.39, 0.29) is 20.4 Å². The Morgan fingerprint density at radius 1 is 1.35 bits per heavy atom. The monoisotopic (exact) mass is 426 g/mol. The van der Waals surface area contributed by atoms with Gasteiger partial charge in [-0.1, -0.05) is 11.3 Å². The van der Waals surface area contributed by atoms with Crippen molar-refractivity contribution in [2.24, 2.45) is 0 Å². The summed E-state index contributed by atoms with van der Waals surface area (Å²) in [7, 11) is -4.39. The van der Waals surface area contributed by atoms with E-state index in [0.717, 1.165) is 11.3 Å². The Bertz CT molecular complexity index is 883. The minimum Gasteiger partial charge on any atom is -0.413 e. The lowest BCUT2D eigenvalue weighted by molar-refractivity contribution is -0.131. The predicted octanol–water partition coefficient (Wildman–Crippen LogP) is 3.22. The minimum absolute atomic E-state index is 0.109. The maximum atomic E-state index is 13.8. The van der Waals surface area contributed by atoms with E-state index >= 15 is 0 Å². The molecule has 6 nitrogen and oxygen atoms in total. The van der Waals surface area contributed by atoms with Crippen LogP contribution in [0.1, 0.15) is 12.6 Å². The van der Waals surface area contributed by atoms with Crippen LogP contribution < -0.4 is 9.46 Å². The zero-order valence-electron chi connectivity index (χ0n) is 11.7. The molecule has 23 heavy (non-hydrogen) atoms. The third-order valence-electron chi connectivity index (χ3n) is 2.48. The predicted molar refractivity (Wildman–Crippen MR) is 83.0 cm³/mol. The summed E-state index contributed by atoms with van der Waals surface area (Å²) in [4.78, 5) is 13.9. The Labute approximate surface area is 142 Å². The van der Waals surface area contributed by atoms with Crippen LogP contribution in [0.2, 0.25) is 0 Å². The number of rotatable bonds is 4. The smallest absolute Gasteiger partial charge is 0.308 e. The van der Waals surface area contributed by atoms with Gasteiger partial charge in [0.2, 0.25) is 5.06 Å². The second-order valence-electron chi connectivity index (χ2n) is 4.29. The number of thiazole rings is 1. The van der Waals surface area contributed by atoms with E-state index in [4.69, 9.17) is 4.74 Å². The van der Waals surface area contributed by atoms with E-state index in [1.54, 1.807) is 0 Å². The molecule has 0 unspecified atom stereocenters. The summed E-state index contributed by atoms with van der Waals surface area (Å²) in [5, 5.41) is -0.0286. The van der Waals surface area contributed by atoms with Gasteiger partial charge in [0.25, 0.3) is 10.0 Å². The van der Waals surface area contributed by atoms with Crippen molar-refractivity contribution in [3.63, 3.8) is 0 Å². The second kappa shape index (κ2) is 6.49. The molecule has 0 aliphatic carbocycles. The number of nitrogens with one attached hydrogen (secondary N) is 1. The molecule has 2 rings (SSSR count). The zero-order valence-corrected chi connectivity index (χ0v) is 14.9. The number of carbonyl (C=O) groups excluding carboxylic acids is 1. The third-order valence-corrected chi connectivity index (χ3v) is 5.52. The molecule has 0 fully saturated rings. The highest BCUT2D eigenvalue weighted by molar-refractivity contribution is 9.10. The lowest BCUT2D eigenvalue weighted by Gasteiger charge is -2.07. The van der Waals surface area contributed by atoms with E-state index in [9.17, 15) is 22.0 Å². The number of hydrogen-bond donors (Lipinski definition) is 1. The molecule has 0 spiro atoms. The summed E-state index contributed by atoms with van der Waals surface area (Å²) in [6.07, 6.45) is 0. The average molecular weight is 427 g/mol. The molecule has 0 bridgehead atoms. The summed E-state index contributed by atoms with van der Waals surface area (Å²) in [5.74, 6) is -2.64. The van der Waals surface area contributed by atoms with Crippen molar-refractivity contribution in [1.82, 2.24) is 4.98 Å².